The second-order valence-electron chi connectivity index (χ2n) is 9.10. The quantitative estimate of drug-likeness (QED) is 0.518. The van der Waals surface area contributed by atoms with Gasteiger partial charge < -0.3 is 25.4 Å². The maximum absolute atomic E-state index is 13.8. The van der Waals surface area contributed by atoms with E-state index in [1.54, 1.807) is 38.4 Å². The lowest BCUT2D eigenvalue weighted by molar-refractivity contribution is -0.143. The van der Waals surface area contributed by atoms with Gasteiger partial charge in [-0.1, -0.05) is 32.9 Å². The number of allylic oxidation sites excluding steroid dienone is 1. The van der Waals surface area contributed by atoms with Crippen LogP contribution in [-0.4, -0.2) is 60.6 Å². The standard InChI is InChI=1S/C25H35N3O5/c1-6-15-7-12-18-21(20(15)23(30)26-4)25(32)28(19(13-29)14(2)3)22(18)24(31)27-16-8-10-17(33-5)11-9-16/h7-12,14-15,18-22,29H,6,13H2,1-5H3,(H,26,30)(H,27,31)/t15-,18+,19+,20-,21+,22+/m1/s1. The average Bonchev–Trinajstić information content (AvgIpc) is 3.11. The molecule has 0 saturated carbocycles. The highest BCUT2D eigenvalue weighted by Crippen LogP contribution is 2.46. The summed E-state index contributed by atoms with van der Waals surface area (Å²) >= 11 is 0. The van der Waals surface area contributed by atoms with E-state index in [0.29, 0.717) is 17.9 Å². The van der Waals surface area contributed by atoms with E-state index < -0.39 is 29.8 Å². The predicted octanol–water partition coefficient (Wildman–Crippen LogP) is 2.05. The Kier molecular flexibility index (Phi) is 7.79. The van der Waals surface area contributed by atoms with E-state index in [1.807, 2.05) is 32.9 Å². The van der Waals surface area contributed by atoms with E-state index in [-0.39, 0.29) is 36.2 Å². The molecular formula is C25H35N3O5. The van der Waals surface area contributed by atoms with Gasteiger partial charge in [-0.2, -0.15) is 0 Å². The number of carbonyl (C=O) groups excluding carboxylic acids is 3. The van der Waals surface area contributed by atoms with Crippen LogP contribution in [0.5, 0.6) is 5.75 Å². The molecule has 2 aliphatic rings. The second-order valence-corrected chi connectivity index (χ2v) is 9.10. The summed E-state index contributed by atoms with van der Waals surface area (Å²) in [6.07, 6.45) is 4.60. The second kappa shape index (κ2) is 10.4. The van der Waals surface area contributed by atoms with Gasteiger partial charge in [-0.3, -0.25) is 14.4 Å². The molecule has 6 atom stereocenters. The number of likely N-dealkylation sites (tertiary alicyclic amines) is 1. The zero-order valence-corrected chi connectivity index (χ0v) is 19.9. The molecule has 0 bridgehead atoms. The Balaban J connectivity index is 2.02. The molecule has 1 aromatic rings. The van der Waals surface area contributed by atoms with E-state index in [2.05, 4.69) is 10.6 Å². The molecule has 33 heavy (non-hydrogen) atoms. The number of hydrogen-bond acceptors (Lipinski definition) is 5. The summed E-state index contributed by atoms with van der Waals surface area (Å²) in [5.41, 5.74) is 0.579. The molecule has 180 valence electrons. The third-order valence-electron chi connectivity index (χ3n) is 7.01. The first kappa shape index (κ1) is 24.8. The van der Waals surface area contributed by atoms with E-state index in [1.165, 1.54) is 4.90 Å². The highest BCUT2D eigenvalue weighted by atomic mass is 16.5. The smallest absolute Gasteiger partial charge is 0.247 e. The molecular weight excluding hydrogens is 422 g/mol. The van der Waals surface area contributed by atoms with Gasteiger partial charge in [0.05, 0.1) is 31.6 Å². The van der Waals surface area contributed by atoms with Crippen LogP contribution in [0.25, 0.3) is 0 Å². The van der Waals surface area contributed by atoms with Gasteiger partial charge >= 0.3 is 0 Å². The molecule has 0 radical (unpaired) electrons. The van der Waals surface area contributed by atoms with E-state index in [4.69, 9.17) is 4.74 Å². The van der Waals surface area contributed by atoms with Crippen LogP contribution in [-0.2, 0) is 14.4 Å². The number of anilines is 1. The normalized spacial score (nSPS) is 27.3. The fraction of sp³-hybridized carbons (Fsp3) is 0.560. The SMILES string of the molecule is CC[C@@H]1C=C[C@H]2[C@H](C(=O)N([C@@H](CO)C(C)C)[C@@H]2C(=O)Nc2ccc(OC)cc2)[C@@H]1C(=O)NC. The number of methoxy groups -OCH3 is 1. The van der Waals surface area contributed by atoms with Gasteiger partial charge in [-0.25, -0.2) is 0 Å². The van der Waals surface area contributed by atoms with Crippen molar-refractivity contribution in [1.29, 1.82) is 0 Å². The molecule has 0 unspecified atom stereocenters. The maximum atomic E-state index is 13.8. The number of carbonyl (C=O) groups is 3. The summed E-state index contributed by atoms with van der Waals surface area (Å²) in [5, 5.41) is 15.8. The summed E-state index contributed by atoms with van der Waals surface area (Å²) < 4.78 is 5.17. The van der Waals surface area contributed by atoms with E-state index >= 15 is 0 Å². The van der Waals surface area contributed by atoms with E-state index in [0.717, 1.165) is 0 Å². The van der Waals surface area contributed by atoms with Crippen LogP contribution >= 0.6 is 0 Å². The monoisotopic (exact) mass is 457 g/mol. The summed E-state index contributed by atoms with van der Waals surface area (Å²) in [6.45, 7) is 5.55. The number of nitrogens with zero attached hydrogens (tertiary/aromatic N) is 1. The Morgan fingerprint density at radius 3 is 2.33 bits per heavy atom. The van der Waals surface area contributed by atoms with Crippen LogP contribution < -0.4 is 15.4 Å². The van der Waals surface area contributed by atoms with Crippen LogP contribution in [0.3, 0.4) is 0 Å². The number of rotatable bonds is 8. The molecule has 0 aromatic heterocycles. The van der Waals surface area contributed by atoms with Crippen molar-refractivity contribution in [2.45, 2.75) is 39.3 Å². The summed E-state index contributed by atoms with van der Waals surface area (Å²) in [5.74, 6) is -1.96. The Bertz CT molecular complexity index is 898. The van der Waals surface area contributed by atoms with Crippen molar-refractivity contribution in [3.63, 3.8) is 0 Å². The molecule has 1 aliphatic carbocycles. The first-order valence-corrected chi connectivity index (χ1v) is 11.6. The largest absolute Gasteiger partial charge is 0.497 e. The zero-order valence-electron chi connectivity index (χ0n) is 19.9. The third kappa shape index (κ3) is 4.62. The number of hydrogen-bond donors (Lipinski definition) is 3. The Morgan fingerprint density at radius 1 is 1.15 bits per heavy atom. The molecule has 1 aliphatic heterocycles. The van der Waals surface area contributed by atoms with Gasteiger partial charge in [0.25, 0.3) is 0 Å². The van der Waals surface area contributed by atoms with Crippen molar-refractivity contribution in [3.05, 3.63) is 36.4 Å². The first-order chi connectivity index (χ1) is 15.8. The minimum Gasteiger partial charge on any atom is -0.497 e. The molecule has 3 N–H and O–H groups in total. The highest BCUT2D eigenvalue weighted by molar-refractivity contribution is 6.02. The Hall–Kier alpha value is -2.87. The molecule has 0 spiro atoms. The van der Waals surface area contributed by atoms with Gasteiger partial charge in [0, 0.05) is 18.7 Å². The maximum Gasteiger partial charge on any atom is 0.247 e. The van der Waals surface area contributed by atoms with Crippen LogP contribution in [0.4, 0.5) is 5.69 Å². The number of nitrogens with one attached hydrogen (secondary N) is 2. The minimum absolute atomic E-state index is 0.0696. The van der Waals surface area contributed by atoms with Crippen LogP contribution in [0, 0.1) is 29.6 Å². The topological polar surface area (TPSA) is 108 Å². The van der Waals surface area contributed by atoms with Crippen LogP contribution in [0.1, 0.15) is 27.2 Å². The van der Waals surface area contributed by atoms with Crippen LogP contribution in [0.15, 0.2) is 36.4 Å². The number of benzene rings is 1. The van der Waals surface area contributed by atoms with Crippen molar-refractivity contribution in [1.82, 2.24) is 10.2 Å². The molecule has 1 saturated heterocycles. The molecule has 3 rings (SSSR count). The van der Waals surface area contributed by atoms with Crippen molar-refractivity contribution >= 4 is 23.4 Å². The van der Waals surface area contributed by atoms with Gasteiger partial charge in [0.15, 0.2) is 0 Å². The Morgan fingerprint density at radius 2 is 1.82 bits per heavy atom. The van der Waals surface area contributed by atoms with Gasteiger partial charge in [0.2, 0.25) is 17.7 Å². The van der Waals surface area contributed by atoms with Gasteiger partial charge in [-0.15, -0.1) is 0 Å². The summed E-state index contributed by atoms with van der Waals surface area (Å²) in [7, 11) is 3.14. The van der Waals surface area contributed by atoms with Gasteiger partial charge in [-0.05, 0) is 42.5 Å². The molecule has 1 heterocycles. The lowest BCUT2D eigenvalue weighted by Crippen LogP contribution is -2.52. The fourth-order valence-corrected chi connectivity index (χ4v) is 5.23. The minimum atomic E-state index is -0.828. The fourth-order valence-electron chi connectivity index (χ4n) is 5.23. The molecule has 1 aromatic carbocycles. The molecule has 8 heteroatoms. The highest BCUT2D eigenvalue weighted by Gasteiger charge is 2.58. The molecule has 1 fully saturated rings. The van der Waals surface area contributed by atoms with Gasteiger partial charge in [0.1, 0.15) is 11.8 Å². The molecule has 8 nitrogen and oxygen atoms in total. The van der Waals surface area contributed by atoms with Crippen LogP contribution in [0.2, 0.25) is 0 Å². The third-order valence-corrected chi connectivity index (χ3v) is 7.01. The van der Waals surface area contributed by atoms with Crippen molar-refractivity contribution < 1.29 is 24.2 Å². The predicted molar refractivity (Wildman–Crippen MR) is 125 cm³/mol. The average molecular weight is 458 g/mol. The first-order valence-electron chi connectivity index (χ1n) is 11.6. The van der Waals surface area contributed by atoms with Crippen molar-refractivity contribution in [2.24, 2.45) is 29.6 Å². The number of fused-ring (bicyclic) bond motifs is 1. The summed E-state index contributed by atoms with van der Waals surface area (Å²) in [6, 6.07) is 5.60. The lowest BCUT2D eigenvalue weighted by atomic mass is 9.69. The zero-order chi connectivity index (χ0) is 24.3. The number of ether oxygens (including phenoxy) is 1. The Labute approximate surface area is 195 Å². The molecule has 3 amide bonds. The summed E-state index contributed by atoms with van der Waals surface area (Å²) in [4.78, 5) is 41.7. The lowest BCUT2D eigenvalue weighted by Gasteiger charge is -2.35. The number of aliphatic hydroxyl groups excluding tert-OH is 1. The van der Waals surface area contributed by atoms with E-state index in [9.17, 15) is 19.5 Å². The van der Waals surface area contributed by atoms with Crippen molar-refractivity contribution in [3.8, 4) is 5.75 Å². The number of amides is 3. The van der Waals surface area contributed by atoms with Crippen molar-refractivity contribution in [2.75, 3.05) is 26.1 Å². The number of aliphatic hydroxyl groups is 1.